The first-order valence-electron chi connectivity index (χ1n) is 9.84. The van der Waals surface area contributed by atoms with Crippen molar-refractivity contribution in [1.29, 1.82) is 0 Å². The summed E-state index contributed by atoms with van der Waals surface area (Å²) in [6, 6.07) is 27.6. The molecule has 3 aromatic carbocycles. The van der Waals surface area contributed by atoms with Crippen molar-refractivity contribution >= 4 is 0 Å². The van der Waals surface area contributed by atoms with Gasteiger partial charge in [0, 0.05) is 0 Å². The van der Waals surface area contributed by atoms with E-state index in [0.29, 0.717) is 17.2 Å². The van der Waals surface area contributed by atoms with E-state index in [1.807, 2.05) is 78.9 Å². The minimum atomic E-state index is -1.31. The van der Waals surface area contributed by atoms with Crippen molar-refractivity contribution in [2.75, 3.05) is 6.61 Å². The first kappa shape index (κ1) is 20.2. The average Bonchev–Trinajstić information content (AvgIpc) is 2.80. The number of para-hydroxylation sites is 3. The van der Waals surface area contributed by atoms with Crippen LogP contribution in [0.25, 0.3) is 0 Å². The van der Waals surface area contributed by atoms with Gasteiger partial charge in [0.05, 0.1) is 6.61 Å². The Balaban J connectivity index is 1.67. The quantitative estimate of drug-likeness (QED) is 0.626. The third kappa shape index (κ3) is 4.74. The normalized spacial score (nSPS) is 26.0. The summed E-state index contributed by atoms with van der Waals surface area (Å²) in [6.45, 7) is -0.346. The molecule has 3 aromatic rings. The largest absolute Gasteiger partial charge is 0.484 e. The molecular weight excluding hydrogens is 384 g/mol. The van der Waals surface area contributed by atoms with E-state index in [1.165, 1.54) is 0 Å². The highest BCUT2D eigenvalue weighted by Crippen LogP contribution is 2.30. The van der Waals surface area contributed by atoms with Crippen LogP contribution in [-0.2, 0) is 4.74 Å². The van der Waals surface area contributed by atoms with Crippen molar-refractivity contribution in [1.82, 2.24) is 0 Å². The molecule has 0 amide bonds. The van der Waals surface area contributed by atoms with Crippen molar-refractivity contribution in [3.8, 4) is 17.2 Å². The molecule has 1 saturated heterocycles. The number of aliphatic hydroxyl groups is 2. The van der Waals surface area contributed by atoms with E-state index in [0.717, 1.165) is 0 Å². The summed E-state index contributed by atoms with van der Waals surface area (Å²) >= 11 is 0. The molecule has 0 radical (unpaired) electrons. The van der Waals surface area contributed by atoms with Gasteiger partial charge < -0.3 is 29.2 Å². The molecule has 0 spiro atoms. The van der Waals surface area contributed by atoms with E-state index < -0.39 is 30.7 Å². The fraction of sp³-hybridized carbons (Fsp3) is 0.250. The zero-order valence-corrected chi connectivity index (χ0v) is 16.3. The maximum atomic E-state index is 10.7. The number of benzene rings is 3. The Hall–Kier alpha value is -3.06. The van der Waals surface area contributed by atoms with E-state index in [4.69, 9.17) is 18.9 Å². The zero-order chi connectivity index (χ0) is 20.8. The lowest BCUT2D eigenvalue weighted by atomic mass is 9.98. The fourth-order valence-corrected chi connectivity index (χ4v) is 3.41. The minimum absolute atomic E-state index is 0.346. The predicted octanol–water partition coefficient (Wildman–Crippen LogP) is 3.04. The van der Waals surface area contributed by atoms with Gasteiger partial charge in [0.15, 0.2) is 24.6 Å². The molecule has 30 heavy (non-hydrogen) atoms. The Bertz CT molecular complexity index is 889. The summed E-state index contributed by atoms with van der Waals surface area (Å²) in [7, 11) is 0. The number of hydrogen-bond donors (Lipinski definition) is 2. The van der Waals surface area contributed by atoms with Gasteiger partial charge in [-0.25, -0.2) is 0 Å². The van der Waals surface area contributed by atoms with Crippen LogP contribution in [0.4, 0.5) is 0 Å². The summed E-state index contributed by atoms with van der Waals surface area (Å²) in [6.07, 6.45) is -4.48. The topological polar surface area (TPSA) is 77.4 Å². The lowest BCUT2D eigenvalue weighted by molar-refractivity contribution is -0.271. The van der Waals surface area contributed by atoms with Gasteiger partial charge in [0.2, 0.25) is 0 Å². The third-order valence-corrected chi connectivity index (χ3v) is 4.84. The molecule has 1 aliphatic rings. The van der Waals surface area contributed by atoms with Crippen LogP contribution in [0.2, 0.25) is 0 Å². The lowest BCUT2D eigenvalue weighted by Crippen LogP contribution is -2.64. The van der Waals surface area contributed by atoms with Crippen LogP contribution in [-0.4, -0.2) is 47.5 Å². The number of ether oxygens (including phenoxy) is 4. The molecule has 1 heterocycles. The molecule has 0 aliphatic carbocycles. The molecular formula is C24H24O6. The van der Waals surface area contributed by atoms with E-state index in [1.54, 1.807) is 12.1 Å². The molecule has 1 fully saturated rings. The number of rotatable bonds is 7. The molecule has 0 bridgehead atoms. The lowest BCUT2D eigenvalue weighted by Gasteiger charge is -2.43. The Kier molecular flexibility index (Phi) is 6.49. The van der Waals surface area contributed by atoms with Crippen molar-refractivity contribution in [3.63, 3.8) is 0 Å². The van der Waals surface area contributed by atoms with Crippen molar-refractivity contribution in [2.45, 2.75) is 30.7 Å². The molecule has 2 N–H and O–H groups in total. The molecule has 0 saturated carbocycles. The molecule has 5 atom stereocenters. The Morgan fingerprint density at radius 1 is 0.600 bits per heavy atom. The standard InChI is InChI=1S/C24H24O6/c25-16-20-21(27-17-10-4-1-5-11-17)22(28-18-12-6-2-7-13-18)23(24(26)30-20)29-19-14-8-3-9-15-19/h1-15,20-26H,16H2/t20-,21-,22+,23-,24+/m1/s1. The zero-order valence-electron chi connectivity index (χ0n) is 16.3. The van der Waals surface area contributed by atoms with Crippen molar-refractivity contribution in [2.24, 2.45) is 0 Å². The first-order chi connectivity index (χ1) is 14.7. The van der Waals surface area contributed by atoms with Crippen LogP contribution < -0.4 is 14.2 Å². The third-order valence-electron chi connectivity index (χ3n) is 4.84. The highest BCUT2D eigenvalue weighted by atomic mass is 16.7. The van der Waals surface area contributed by atoms with E-state index in [9.17, 15) is 10.2 Å². The number of aliphatic hydroxyl groups excluding tert-OH is 2. The van der Waals surface area contributed by atoms with Gasteiger partial charge in [-0.05, 0) is 36.4 Å². The molecule has 0 unspecified atom stereocenters. The van der Waals surface area contributed by atoms with Crippen molar-refractivity contribution in [3.05, 3.63) is 91.0 Å². The second kappa shape index (κ2) is 9.63. The van der Waals surface area contributed by atoms with Crippen LogP contribution in [0.3, 0.4) is 0 Å². The first-order valence-corrected chi connectivity index (χ1v) is 9.84. The van der Waals surface area contributed by atoms with E-state index >= 15 is 0 Å². The molecule has 156 valence electrons. The SMILES string of the molecule is OC[C@H]1O[C@H](O)[C@H](Oc2ccccc2)[C@@H](Oc2ccccc2)[C@@H]1Oc1ccccc1. The average molecular weight is 408 g/mol. The summed E-state index contributed by atoms with van der Waals surface area (Å²) in [5.41, 5.74) is 0. The monoisotopic (exact) mass is 408 g/mol. The maximum absolute atomic E-state index is 10.7. The number of hydrogen-bond acceptors (Lipinski definition) is 6. The predicted molar refractivity (Wildman–Crippen MR) is 111 cm³/mol. The summed E-state index contributed by atoms with van der Waals surface area (Å²) in [5.74, 6) is 1.75. The van der Waals surface area contributed by atoms with Gasteiger partial charge in [-0.3, -0.25) is 0 Å². The highest BCUT2D eigenvalue weighted by Gasteiger charge is 2.50. The van der Waals surface area contributed by atoms with Crippen molar-refractivity contribution < 1.29 is 29.2 Å². The van der Waals surface area contributed by atoms with Gasteiger partial charge >= 0.3 is 0 Å². The van der Waals surface area contributed by atoms with Crippen LogP contribution in [0, 0.1) is 0 Å². The summed E-state index contributed by atoms with van der Waals surface area (Å²) in [5, 5.41) is 20.6. The molecule has 0 aromatic heterocycles. The van der Waals surface area contributed by atoms with Crippen LogP contribution in [0.15, 0.2) is 91.0 Å². The summed E-state index contributed by atoms with van der Waals surface area (Å²) in [4.78, 5) is 0. The maximum Gasteiger partial charge on any atom is 0.196 e. The van der Waals surface area contributed by atoms with Crippen LogP contribution in [0.5, 0.6) is 17.2 Å². The van der Waals surface area contributed by atoms with E-state index in [-0.39, 0.29) is 6.61 Å². The van der Waals surface area contributed by atoms with Gasteiger partial charge in [-0.2, -0.15) is 0 Å². The van der Waals surface area contributed by atoms with Crippen LogP contribution >= 0.6 is 0 Å². The molecule has 6 heteroatoms. The highest BCUT2D eigenvalue weighted by molar-refractivity contribution is 5.25. The molecule has 6 nitrogen and oxygen atoms in total. The fourth-order valence-electron chi connectivity index (χ4n) is 3.41. The second-order valence-electron chi connectivity index (χ2n) is 6.93. The Morgan fingerprint density at radius 2 is 1.00 bits per heavy atom. The smallest absolute Gasteiger partial charge is 0.196 e. The van der Waals surface area contributed by atoms with E-state index in [2.05, 4.69) is 0 Å². The Labute approximate surface area is 175 Å². The molecule has 1 aliphatic heterocycles. The van der Waals surface area contributed by atoms with Gasteiger partial charge in [-0.15, -0.1) is 0 Å². The van der Waals surface area contributed by atoms with Gasteiger partial charge in [-0.1, -0.05) is 54.6 Å². The molecule has 4 rings (SSSR count). The van der Waals surface area contributed by atoms with Crippen LogP contribution in [0.1, 0.15) is 0 Å². The van der Waals surface area contributed by atoms with Gasteiger partial charge in [0.25, 0.3) is 0 Å². The Morgan fingerprint density at radius 3 is 1.43 bits per heavy atom. The summed E-state index contributed by atoms with van der Waals surface area (Å²) < 4.78 is 24.1. The minimum Gasteiger partial charge on any atom is -0.484 e. The van der Waals surface area contributed by atoms with Gasteiger partial charge in [0.1, 0.15) is 23.4 Å². The second-order valence-corrected chi connectivity index (χ2v) is 6.93.